The Morgan fingerprint density at radius 2 is 2.00 bits per heavy atom. The molecule has 2 N–H and O–H groups in total. The van der Waals surface area contributed by atoms with Gasteiger partial charge in [-0.25, -0.2) is 0 Å². The first-order chi connectivity index (χ1) is 12.0. The molecule has 4 unspecified atom stereocenters. The van der Waals surface area contributed by atoms with Crippen molar-refractivity contribution >= 4 is 5.91 Å². The third-order valence-electron chi connectivity index (χ3n) is 5.51. The number of benzene rings is 1. The van der Waals surface area contributed by atoms with Gasteiger partial charge in [-0.15, -0.1) is 0 Å². The first kappa shape index (κ1) is 19.6. The Morgan fingerprint density at radius 1 is 1.24 bits per heavy atom. The molecule has 0 bridgehead atoms. The number of nitrogens with one attached hydrogen (secondary N) is 2. The van der Waals surface area contributed by atoms with E-state index in [9.17, 15) is 4.79 Å². The summed E-state index contributed by atoms with van der Waals surface area (Å²) in [6, 6.07) is 5.89. The highest BCUT2D eigenvalue weighted by Gasteiger charge is 2.27. The zero-order valence-corrected chi connectivity index (χ0v) is 16.1. The summed E-state index contributed by atoms with van der Waals surface area (Å²) in [5.41, 5.74) is 0.912. The van der Waals surface area contributed by atoms with Crippen molar-refractivity contribution in [3.63, 3.8) is 0 Å². The van der Waals surface area contributed by atoms with E-state index in [-0.39, 0.29) is 11.9 Å². The highest BCUT2D eigenvalue weighted by Crippen LogP contribution is 2.30. The van der Waals surface area contributed by atoms with Gasteiger partial charge >= 0.3 is 0 Å². The Morgan fingerprint density at radius 3 is 2.68 bits per heavy atom. The summed E-state index contributed by atoms with van der Waals surface area (Å²) in [5, 5.41) is 6.49. The lowest BCUT2D eigenvalue weighted by molar-refractivity contribution is -0.121. The number of ether oxygens (including phenoxy) is 2. The molecule has 5 heteroatoms. The van der Waals surface area contributed by atoms with E-state index in [1.807, 2.05) is 25.1 Å². The van der Waals surface area contributed by atoms with Gasteiger partial charge in [0.15, 0.2) is 0 Å². The zero-order valence-electron chi connectivity index (χ0n) is 16.1. The fraction of sp³-hybridized carbons (Fsp3) is 0.650. The molecule has 1 saturated carbocycles. The number of carbonyl (C=O) groups excluding carboxylic acids is 1. The first-order valence-electron chi connectivity index (χ1n) is 9.21. The van der Waals surface area contributed by atoms with Gasteiger partial charge in [0.25, 0.3) is 0 Å². The summed E-state index contributed by atoms with van der Waals surface area (Å²) in [6.07, 6.45) is 3.68. The molecule has 0 saturated heterocycles. The molecule has 0 heterocycles. The van der Waals surface area contributed by atoms with Gasteiger partial charge in [0.1, 0.15) is 11.5 Å². The van der Waals surface area contributed by atoms with Crippen LogP contribution in [0.5, 0.6) is 11.5 Å². The second-order valence-corrected chi connectivity index (χ2v) is 7.15. The van der Waals surface area contributed by atoms with Crippen LogP contribution in [0.2, 0.25) is 0 Å². The molecule has 0 aliphatic heterocycles. The number of methoxy groups -OCH3 is 2. The predicted molar refractivity (Wildman–Crippen MR) is 100 cm³/mol. The molecule has 4 atom stereocenters. The van der Waals surface area contributed by atoms with Gasteiger partial charge in [-0.1, -0.05) is 26.7 Å². The van der Waals surface area contributed by atoms with Gasteiger partial charge in [0.05, 0.1) is 26.8 Å². The molecule has 1 aromatic carbocycles. The van der Waals surface area contributed by atoms with Gasteiger partial charge in [-0.3, -0.25) is 4.79 Å². The van der Waals surface area contributed by atoms with Crippen molar-refractivity contribution in [2.24, 2.45) is 11.8 Å². The van der Waals surface area contributed by atoms with Crippen molar-refractivity contribution in [2.45, 2.75) is 52.1 Å². The predicted octanol–water partition coefficient (Wildman–Crippen LogP) is 3.30. The second kappa shape index (κ2) is 9.09. The molecule has 0 spiro atoms. The lowest BCUT2D eigenvalue weighted by atomic mass is 9.78. The second-order valence-electron chi connectivity index (χ2n) is 7.15. The molecule has 1 amide bonds. The lowest BCUT2D eigenvalue weighted by Crippen LogP contribution is -2.45. The molecule has 5 nitrogen and oxygen atoms in total. The number of carbonyl (C=O) groups is 1. The van der Waals surface area contributed by atoms with Crippen molar-refractivity contribution in [1.82, 2.24) is 10.6 Å². The molecule has 1 aromatic rings. The van der Waals surface area contributed by atoms with E-state index in [4.69, 9.17) is 9.47 Å². The Kier molecular flexibility index (Phi) is 7.12. The maximum atomic E-state index is 12.4. The minimum Gasteiger partial charge on any atom is -0.497 e. The van der Waals surface area contributed by atoms with Crippen LogP contribution in [0.1, 0.15) is 51.6 Å². The Hall–Kier alpha value is -1.75. The molecule has 25 heavy (non-hydrogen) atoms. The van der Waals surface area contributed by atoms with E-state index in [0.717, 1.165) is 23.5 Å². The SMILES string of the molecule is COc1ccc(OC)c(C(C)NC(=O)CNC2CCCC(C)C2C)c1. The maximum Gasteiger partial charge on any atom is 0.234 e. The molecular formula is C20H32N2O3. The van der Waals surface area contributed by atoms with Crippen LogP contribution in [0.15, 0.2) is 18.2 Å². The summed E-state index contributed by atoms with van der Waals surface area (Å²) in [6.45, 7) is 6.89. The zero-order chi connectivity index (χ0) is 18.4. The molecule has 1 fully saturated rings. The van der Waals surface area contributed by atoms with Gasteiger partial charge in [-0.2, -0.15) is 0 Å². The molecule has 1 aliphatic rings. The van der Waals surface area contributed by atoms with Crippen LogP contribution in [0.25, 0.3) is 0 Å². The number of rotatable bonds is 7. The van der Waals surface area contributed by atoms with Crippen molar-refractivity contribution in [3.8, 4) is 11.5 Å². The van der Waals surface area contributed by atoms with E-state index in [1.165, 1.54) is 12.8 Å². The molecule has 2 rings (SSSR count). The average molecular weight is 348 g/mol. The van der Waals surface area contributed by atoms with E-state index in [2.05, 4.69) is 24.5 Å². The summed E-state index contributed by atoms with van der Waals surface area (Å²) >= 11 is 0. The molecular weight excluding hydrogens is 316 g/mol. The summed E-state index contributed by atoms with van der Waals surface area (Å²) < 4.78 is 10.7. The van der Waals surface area contributed by atoms with Crippen LogP contribution < -0.4 is 20.1 Å². The smallest absolute Gasteiger partial charge is 0.234 e. The molecule has 0 radical (unpaired) electrons. The van der Waals surface area contributed by atoms with Crippen LogP contribution in [-0.4, -0.2) is 32.7 Å². The third-order valence-corrected chi connectivity index (χ3v) is 5.51. The largest absolute Gasteiger partial charge is 0.497 e. The van der Waals surface area contributed by atoms with E-state index in [1.54, 1.807) is 14.2 Å². The maximum absolute atomic E-state index is 12.4. The fourth-order valence-electron chi connectivity index (χ4n) is 3.64. The van der Waals surface area contributed by atoms with Crippen LogP contribution in [0.3, 0.4) is 0 Å². The minimum absolute atomic E-state index is 0.00259. The van der Waals surface area contributed by atoms with Gasteiger partial charge in [-0.05, 0) is 43.4 Å². The first-order valence-corrected chi connectivity index (χ1v) is 9.21. The van der Waals surface area contributed by atoms with E-state index in [0.29, 0.717) is 24.4 Å². The summed E-state index contributed by atoms with van der Waals surface area (Å²) in [7, 11) is 3.26. The standard InChI is InChI=1S/C20H32N2O3/c1-13-7-6-8-18(14(13)2)21-12-20(23)22-15(3)17-11-16(24-4)9-10-19(17)25-5/h9-11,13-15,18,21H,6-8,12H2,1-5H3,(H,22,23). The third kappa shape index (κ3) is 5.11. The van der Waals surface area contributed by atoms with Crippen LogP contribution in [-0.2, 0) is 4.79 Å². The summed E-state index contributed by atoms with van der Waals surface area (Å²) in [5.74, 6) is 2.82. The monoisotopic (exact) mass is 348 g/mol. The quantitative estimate of drug-likeness (QED) is 0.794. The van der Waals surface area contributed by atoms with Crippen LogP contribution in [0.4, 0.5) is 0 Å². The Balaban J connectivity index is 1.91. The van der Waals surface area contributed by atoms with Crippen LogP contribution >= 0.6 is 0 Å². The fourth-order valence-corrected chi connectivity index (χ4v) is 3.64. The van der Waals surface area contributed by atoms with E-state index >= 15 is 0 Å². The molecule has 0 aromatic heterocycles. The molecule has 1 aliphatic carbocycles. The highest BCUT2D eigenvalue weighted by molar-refractivity contribution is 5.78. The van der Waals surface area contributed by atoms with Gasteiger partial charge in [0, 0.05) is 11.6 Å². The van der Waals surface area contributed by atoms with Gasteiger partial charge < -0.3 is 20.1 Å². The lowest BCUT2D eigenvalue weighted by Gasteiger charge is -2.34. The Labute approximate surface area is 151 Å². The highest BCUT2D eigenvalue weighted by atomic mass is 16.5. The normalized spacial score (nSPS) is 24.4. The number of hydrogen-bond acceptors (Lipinski definition) is 4. The molecule has 140 valence electrons. The number of hydrogen-bond donors (Lipinski definition) is 2. The van der Waals surface area contributed by atoms with Crippen LogP contribution in [0, 0.1) is 11.8 Å². The van der Waals surface area contributed by atoms with Crippen molar-refractivity contribution < 1.29 is 14.3 Å². The minimum atomic E-state index is -0.151. The number of amides is 1. The van der Waals surface area contributed by atoms with Gasteiger partial charge in [0.2, 0.25) is 5.91 Å². The van der Waals surface area contributed by atoms with Crippen molar-refractivity contribution in [3.05, 3.63) is 23.8 Å². The van der Waals surface area contributed by atoms with Crippen molar-refractivity contribution in [2.75, 3.05) is 20.8 Å². The average Bonchev–Trinajstić information content (AvgIpc) is 2.62. The topological polar surface area (TPSA) is 59.6 Å². The summed E-state index contributed by atoms with van der Waals surface area (Å²) in [4.78, 5) is 12.4. The Bertz CT molecular complexity index is 576. The van der Waals surface area contributed by atoms with E-state index < -0.39 is 0 Å². The van der Waals surface area contributed by atoms with Crippen molar-refractivity contribution in [1.29, 1.82) is 0 Å².